The van der Waals surface area contributed by atoms with E-state index in [0.717, 1.165) is 18.5 Å². The second-order valence-electron chi connectivity index (χ2n) is 7.52. The van der Waals surface area contributed by atoms with Crippen LogP contribution in [0.3, 0.4) is 0 Å². The summed E-state index contributed by atoms with van der Waals surface area (Å²) in [6.07, 6.45) is 3.13. The zero-order valence-electron chi connectivity index (χ0n) is 17.6. The summed E-state index contributed by atoms with van der Waals surface area (Å²) in [5, 5.41) is 2.96. The van der Waals surface area contributed by atoms with Crippen LogP contribution in [0.2, 0.25) is 0 Å². The van der Waals surface area contributed by atoms with Gasteiger partial charge in [-0.2, -0.15) is 4.31 Å². The third kappa shape index (κ3) is 5.40. The Morgan fingerprint density at radius 1 is 1.03 bits per heavy atom. The molecule has 1 fully saturated rings. The zero-order valence-corrected chi connectivity index (χ0v) is 18.5. The molecule has 1 saturated heterocycles. The first-order chi connectivity index (χ1) is 14.4. The largest absolute Gasteiger partial charge is 0.494 e. The number of hydrogen-bond acceptors (Lipinski definition) is 4. The van der Waals surface area contributed by atoms with E-state index >= 15 is 0 Å². The van der Waals surface area contributed by atoms with E-state index in [0.29, 0.717) is 38.3 Å². The van der Waals surface area contributed by atoms with Crippen molar-refractivity contribution in [2.75, 3.05) is 25.0 Å². The Hall–Kier alpha value is -2.38. The van der Waals surface area contributed by atoms with Crippen molar-refractivity contribution in [3.05, 3.63) is 54.1 Å². The molecule has 1 N–H and O–H groups in total. The molecule has 1 aliphatic rings. The molecule has 0 saturated carbocycles. The lowest BCUT2D eigenvalue weighted by Crippen LogP contribution is -2.41. The van der Waals surface area contributed by atoms with Gasteiger partial charge in [0.15, 0.2) is 0 Å². The normalized spacial score (nSPS) is 15.7. The molecule has 2 aromatic carbocycles. The average Bonchev–Trinajstić information content (AvgIpc) is 2.76. The van der Waals surface area contributed by atoms with E-state index in [1.807, 2.05) is 31.2 Å². The summed E-state index contributed by atoms with van der Waals surface area (Å²) < 4.78 is 32.6. The number of anilines is 1. The van der Waals surface area contributed by atoms with Crippen molar-refractivity contribution in [2.24, 2.45) is 5.92 Å². The molecule has 0 atom stereocenters. The Balaban J connectivity index is 1.56. The number of rotatable bonds is 8. The molecule has 1 aliphatic heterocycles. The second kappa shape index (κ2) is 10.1. The zero-order chi connectivity index (χ0) is 21.6. The molecule has 162 valence electrons. The Bertz CT molecular complexity index is 932. The Morgan fingerprint density at radius 2 is 1.67 bits per heavy atom. The maximum Gasteiger partial charge on any atom is 0.243 e. The number of nitrogens with one attached hydrogen (secondary N) is 1. The van der Waals surface area contributed by atoms with Crippen LogP contribution in [0.5, 0.6) is 5.75 Å². The van der Waals surface area contributed by atoms with Gasteiger partial charge in [0.25, 0.3) is 0 Å². The highest BCUT2D eigenvalue weighted by molar-refractivity contribution is 7.89. The lowest BCUT2D eigenvalue weighted by molar-refractivity contribution is -0.120. The number of ether oxygens (including phenoxy) is 1. The SMILES string of the molecule is CCCc1ccc(NC(=O)C2CCN(S(=O)(=O)c3ccc(OCC)cc3)CC2)cc1. The summed E-state index contributed by atoms with van der Waals surface area (Å²) in [6, 6.07) is 14.4. The van der Waals surface area contributed by atoms with Gasteiger partial charge < -0.3 is 10.1 Å². The predicted molar refractivity (Wildman–Crippen MR) is 118 cm³/mol. The van der Waals surface area contributed by atoms with Crippen LogP contribution in [-0.2, 0) is 21.2 Å². The van der Waals surface area contributed by atoms with Gasteiger partial charge in [-0.05, 0) is 68.1 Å². The summed E-state index contributed by atoms with van der Waals surface area (Å²) in [5.41, 5.74) is 2.03. The fourth-order valence-corrected chi connectivity index (χ4v) is 5.14. The first-order valence-electron chi connectivity index (χ1n) is 10.6. The number of benzene rings is 2. The van der Waals surface area contributed by atoms with E-state index in [2.05, 4.69) is 12.2 Å². The third-order valence-electron chi connectivity index (χ3n) is 5.36. The first kappa shape index (κ1) is 22.3. The maximum atomic E-state index is 12.9. The number of amides is 1. The molecule has 3 rings (SSSR count). The summed E-state index contributed by atoms with van der Waals surface area (Å²) in [6.45, 7) is 5.22. The van der Waals surface area contributed by atoms with E-state index in [-0.39, 0.29) is 16.7 Å². The minimum absolute atomic E-state index is 0.0450. The van der Waals surface area contributed by atoms with Crippen LogP contribution >= 0.6 is 0 Å². The van der Waals surface area contributed by atoms with E-state index in [9.17, 15) is 13.2 Å². The smallest absolute Gasteiger partial charge is 0.243 e. The van der Waals surface area contributed by atoms with Crippen LogP contribution in [0.25, 0.3) is 0 Å². The van der Waals surface area contributed by atoms with Crippen LogP contribution in [0.1, 0.15) is 38.7 Å². The van der Waals surface area contributed by atoms with E-state index in [1.54, 1.807) is 24.3 Å². The highest BCUT2D eigenvalue weighted by Crippen LogP contribution is 2.26. The number of aryl methyl sites for hydroxylation is 1. The van der Waals surface area contributed by atoms with Gasteiger partial charge in [0.05, 0.1) is 11.5 Å². The summed E-state index contributed by atoms with van der Waals surface area (Å²) in [7, 11) is -3.57. The molecule has 1 heterocycles. The molecule has 30 heavy (non-hydrogen) atoms. The molecular formula is C23H30N2O4S. The molecule has 7 heteroatoms. The molecule has 0 spiro atoms. The van der Waals surface area contributed by atoms with Gasteiger partial charge >= 0.3 is 0 Å². The molecule has 2 aromatic rings. The van der Waals surface area contributed by atoms with Crippen molar-refractivity contribution >= 4 is 21.6 Å². The maximum absolute atomic E-state index is 12.9. The highest BCUT2D eigenvalue weighted by atomic mass is 32.2. The molecule has 0 aliphatic carbocycles. The van der Waals surface area contributed by atoms with E-state index < -0.39 is 10.0 Å². The molecule has 6 nitrogen and oxygen atoms in total. The summed E-state index contributed by atoms with van der Waals surface area (Å²) in [5.74, 6) is 0.415. The fourth-order valence-electron chi connectivity index (χ4n) is 3.67. The predicted octanol–water partition coefficient (Wildman–Crippen LogP) is 4.08. The lowest BCUT2D eigenvalue weighted by atomic mass is 9.97. The minimum atomic E-state index is -3.57. The molecule has 0 radical (unpaired) electrons. The lowest BCUT2D eigenvalue weighted by Gasteiger charge is -2.30. The number of hydrogen-bond donors (Lipinski definition) is 1. The molecule has 0 unspecified atom stereocenters. The first-order valence-corrected chi connectivity index (χ1v) is 12.0. The van der Waals surface area contributed by atoms with Gasteiger partial charge in [0.1, 0.15) is 5.75 Å². The quantitative estimate of drug-likeness (QED) is 0.685. The van der Waals surface area contributed by atoms with Gasteiger partial charge in [-0.25, -0.2) is 8.42 Å². The summed E-state index contributed by atoms with van der Waals surface area (Å²) in [4.78, 5) is 12.9. The van der Waals surface area contributed by atoms with Crippen molar-refractivity contribution < 1.29 is 17.9 Å². The number of sulfonamides is 1. The van der Waals surface area contributed by atoms with Crippen LogP contribution in [0, 0.1) is 5.92 Å². The van der Waals surface area contributed by atoms with Crippen molar-refractivity contribution in [1.29, 1.82) is 0 Å². The average molecular weight is 431 g/mol. The summed E-state index contributed by atoms with van der Waals surface area (Å²) >= 11 is 0. The van der Waals surface area contributed by atoms with Crippen LogP contribution in [0.15, 0.2) is 53.4 Å². The van der Waals surface area contributed by atoms with Gasteiger partial charge in [-0.15, -0.1) is 0 Å². The number of carbonyl (C=O) groups is 1. The van der Waals surface area contributed by atoms with Crippen LogP contribution in [0.4, 0.5) is 5.69 Å². The van der Waals surface area contributed by atoms with Crippen molar-refractivity contribution in [2.45, 2.75) is 44.4 Å². The van der Waals surface area contributed by atoms with Crippen LogP contribution in [-0.4, -0.2) is 38.3 Å². The van der Waals surface area contributed by atoms with Crippen molar-refractivity contribution in [3.63, 3.8) is 0 Å². The highest BCUT2D eigenvalue weighted by Gasteiger charge is 2.32. The molecular weight excluding hydrogens is 400 g/mol. The van der Waals surface area contributed by atoms with Gasteiger partial charge in [0, 0.05) is 24.7 Å². The van der Waals surface area contributed by atoms with Gasteiger partial charge in [0.2, 0.25) is 15.9 Å². The number of piperidine rings is 1. The fraction of sp³-hybridized carbons (Fsp3) is 0.435. The Labute approximate surface area is 179 Å². The number of nitrogens with zero attached hydrogens (tertiary/aromatic N) is 1. The van der Waals surface area contributed by atoms with E-state index in [4.69, 9.17) is 4.74 Å². The van der Waals surface area contributed by atoms with E-state index in [1.165, 1.54) is 9.87 Å². The molecule has 1 amide bonds. The number of carbonyl (C=O) groups excluding carboxylic acids is 1. The standard InChI is InChI=1S/C23H30N2O4S/c1-3-5-18-6-8-20(9-7-18)24-23(26)19-14-16-25(17-15-19)30(27,28)22-12-10-21(11-13-22)29-4-2/h6-13,19H,3-5,14-17H2,1-2H3,(H,24,26). The van der Waals surface area contributed by atoms with Crippen LogP contribution < -0.4 is 10.1 Å². The van der Waals surface area contributed by atoms with Gasteiger partial charge in [-0.1, -0.05) is 25.5 Å². The Morgan fingerprint density at radius 3 is 2.23 bits per heavy atom. The monoisotopic (exact) mass is 430 g/mol. The van der Waals surface area contributed by atoms with Crippen molar-refractivity contribution in [3.8, 4) is 5.75 Å². The molecule has 0 bridgehead atoms. The van der Waals surface area contributed by atoms with Gasteiger partial charge in [-0.3, -0.25) is 4.79 Å². The molecule has 0 aromatic heterocycles. The topological polar surface area (TPSA) is 75.7 Å². The Kier molecular flexibility index (Phi) is 7.50. The second-order valence-corrected chi connectivity index (χ2v) is 9.46. The third-order valence-corrected chi connectivity index (χ3v) is 7.27. The van der Waals surface area contributed by atoms with Crippen molar-refractivity contribution in [1.82, 2.24) is 4.31 Å². The minimum Gasteiger partial charge on any atom is -0.494 e.